The highest BCUT2D eigenvalue weighted by Crippen LogP contribution is 2.47. The van der Waals surface area contributed by atoms with Crippen molar-refractivity contribution in [1.29, 1.82) is 0 Å². The number of hydrogen-bond acceptors (Lipinski definition) is 6. The molecular formula is C25H30N6O4. The van der Waals surface area contributed by atoms with Crippen LogP contribution < -0.4 is 5.32 Å². The van der Waals surface area contributed by atoms with Gasteiger partial charge >= 0.3 is 5.97 Å². The second-order valence-corrected chi connectivity index (χ2v) is 9.90. The number of aliphatic carboxylic acids is 1. The lowest BCUT2D eigenvalue weighted by Gasteiger charge is -2.26. The number of carboxylic acids is 1. The van der Waals surface area contributed by atoms with Crippen LogP contribution in [0.25, 0.3) is 11.4 Å². The van der Waals surface area contributed by atoms with E-state index < -0.39 is 29.3 Å². The standard InChI is InChI=1S/C25H30N6O4/c1-30-12-8-3-2-7-11-17-15-25(17,24(34)35)26-22(32)19-13-18(14-20(19)23(30)33)31-28-21(27-29-31)16-9-5-4-6-10-16/h4-7,9-11,17-20H,2-3,8,12-15H2,1H3,(H,26,32)(H,34,35)/b11-7-/t17-,18+,19+,20+,25+/m0/s1. The number of tetrazole rings is 1. The van der Waals surface area contributed by atoms with E-state index in [9.17, 15) is 19.5 Å². The van der Waals surface area contributed by atoms with Gasteiger partial charge in [-0.25, -0.2) is 4.79 Å². The van der Waals surface area contributed by atoms with Crippen LogP contribution in [0.15, 0.2) is 42.5 Å². The van der Waals surface area contributed by atoms with E-state index in [-0.39, 0.29) is 17.9 Å². The number of aromatic nitrogens is 4. The summed E-state index contributed by atoms with van der Waals surface area (Å²) >= 11 is 0. The molecule has 10 heteroatoms. The molecule has 0 saturated heterocycles. The van der Waals surface area contributed by atoms with Crippen molar-refractivity contribution in [2.75, 3.05) is 13.6 Å². The van der Waals surface area contributed by atoms with E-state index in [2.05, 4.69) is 20.7 Å². The van der Waals surface area contributed by atoms with Crippen LogP contribution >= 0.6 is 0 Å². The van der Waals surface area contributed by atoms with Crippen LogP contribution in [-0.2, 0) is 14.4 Å². The van der Waals surface area contributed by atoms with Gasteiger partial charge in [0.1, 0.15) is 5.54 Å². The van der Waals surface area contributed by atoms with Crippen LogP contribution in [0.3, 0.4) is 0 Å². The van der Waals surface area contributed by atoms with Crippen LogP contribution in [0.5, 0.6) is 0 Å². The fourth-order valence-corrected chi connectivity index (χ4v) is 5.39. The van der Waals surface area contributed by atoms with E-state index in [0.29, 0.717) is 31.6 Å². The molecule has 0 unspecified atom stereocenters. The highest BCUT2D eigenvalue weighted by molar-refractivity contribution is 5.94. The Morgan fingerprint density at radius 3 is 2.69 bits per heavy atom. The summed E-state index contributed by atoms with van der Waals surface area (Å²) < 4.78 is 0. The third kappa shape index (κ3) is 4.44. The normalized spacial score (nSPS) is 32.2. The molecule has 184 valence electrons. The van der Waals surface area contributed by atoms with Gasteiger partial charge in [-0.05, 0) is 43.7 Å². The topological polar surface area (TPSA) is 130 Å². The molecule has 5 rings (SSSR count). The van der Waals surface area contributed by atoms with Crippen molar-refractivity contribution < 1.29 is 19.5 Å². The lowest BCUT2D eigenvalue weighted by atomic mass is 9.93. The van der Waals surface area contributed by atoms with Crippen LogP contribution in [0.2, 0.25) is 0 Å². The highest BCUT2D eigenvalue weighted by Gasteiger charge is 2.61. The molecular weight excluding hydrogens is 448 g/mol. The summed E-state index contributed by atoms with van der Waals surface area (Å²) in [5.41, 5.74) is -0.457. The molecule has 2 aromatic rings. The zero-order chi connectivity index (χ0) is 24.6. The number of benzene rings is 1. The number of rotatable bonds is 3. The molecule has 2 saturated carbocycles. The number of allylic oxidation sites excluding steroid dienone is 1. The zero-order valence-electron chi connectivity index (χ0n) is 19.7. The minimum Gasteiger partial charge on any atom is -0.479 e. The van der Waals surface area contributed by atoms with Gasteiger partial charge in [-0.3, -0.25) is 9.59 Å². The number of fused-ring (bicyclic) bond motifs is 2. The van der Waals surface area contributed by atoms with Crippen LogP contribution in [0.4, 0.5) is 0 Å². The van der Waals surface area contributed by atoms with Gasteiger partial charge in [0.05, 0.1) is 17.9 Å². The molecule has 2 N–H and O–H groups in total. The fraction of sp³-hybridized carbons (Fsp3) is 0.520. The van der Waals surface area contributed by atoms with E-state index in [0.717, 1.165) is 24.8 Å². The number of hydrogen-bond donors (Lipinski definition) is 2. The second kappa shape index (κ2) is 9.24. The van der Waals surface area contributed by atoms with Gasteiger partial charge in [0.15, 0.2) is 0 Å². The number of carboxylic acid groups (broad SMARTS) is 1. The van der Waals surface area contributed by atoms with Crippen molar-refractivity contribution in [2.24, 2.45) is 17.8 Å². The summed E-state index contributed by atoms with van der Waals surface area (Å²) in [6.07, 6.45) is 7.58. The first-order valence-electron chi connectivity index (χ1n) is 12.2. The van der Waals surface area contributed by atoms with Crippen molar-refractivity contribution in [3.05, 3.63) is 42.5 Å². The Morgan fingerprint density at radius 2 is 1.91 bits per heavy atom. The number of carbonyl (C=O) groups excluding carboxylic acids is 2. The maximum atomic E-state index is 13.4. The second-order valence-electron chi connectivity index (χ2n) is 9.90. The first kappa shape index (κ1) is 23.2. The van der Waals surface area contributed by atoms with Gasteiger partial charge in [0.25, 0.3) is 0 Å². The van der Waals surface area contributed by atoms with Crippen molar-refractivity contribution in [3.8, 4) is 11.4 Å². The van der Waals surface area contributed by atoms with E-state index in [1.54, 1.807) is 11.9 Å². The molecule has 0 bridgehead atoms. The Labute approximate surface area is 203 Å². The van der Waals surface area contributed by atoms with E-state index in [1.165, 1.54) is 4.80 Å². The average Bonchev–Trinajstić information content (AvgIpc) is 3.18. The quantitative estimate of drug-likeness (QED) is 0.646. The zero-order valence-corrected chi connectivity index (χ0v) is 19.7. The summed E-state index contributed by atoms with van der Waals surface area (Å²) in [6.45, 7) is 0.615. The van der Waals surface area contributed by atoms with Gasteiger partial charge in [-0.15, -0.1) is 10.2 Å². The van der Waals surface area contributed by atoms with Gasteiger partial charge < -0.3 is 15.3 Å². The molecule has 3 aliphatic rings. The summed E-state index contributed by atoms with van der Waals surface area (Å²) in [5, 5.41) is 25.6. The summed E-state index contributed by atoms with van der Waals surface area (Å²) in [7, 11) is 1.77. The van der Waals surface area contributed by atoms with Gasteiger partial charge in [0, 0.05) is 25.1 Å². The SMILES string of the molecule is CN1CCCC/C=C\[C@H]2C[C@@]2(C(=O)O)NC(=O)[C@@H]2C[C@@H](n3nnc(-c4ccccc4)n3)C[C@H]2C1=O. The minimum atomic E-state index is -1.29. The first-order chi connectivity index (χ1) is 16.9. The summed E-state index contributed by atoms with van der Waals surface area (Å²) in [4.78, 5) is 42.1. The monoisotopic (exact) mass is 478 g/mol. The van der Waals surface area contributed by atoms with Gasteiger partial charge in [-0.2, -0.15) is 4.80 Å². The lowest BCUT2D eigenvalue weighted by molar-refractivity contribution is -0.145. The molecule has 2 heterocycles. The van der Waals surface area contributed by atoms with Gasteiger partial charge in [0.2, 0.25) is 17.6 Å². The predicted octanol–water partition coefficient (Wildman–Crippen LogP) is 2.07. The molecule has 1 aliphatic heterocycles. The van der Waals surface area contributed by atoms with E-state index >= 15 is 0 Å². The third-order valence-electron chi connectivity index (χ3n) is 7.58. The Bertz CT molecular complexity index is 1150. The largest absolute Gasteiger partial charge is 0.479 e. The Balaban J connectivity index is 1.41. The first-order valence-corrected chi connectivity index (χ1v) is 12.2. The third-order valence-corrected chi connectivity index (χ3v) is 7.58. The summed E-state index contributed by atoms with van der Waals surface area (Å²) in [5.74, 6) is -2.50. The average molecular weight is 479 g/mol. The van der Waals surface area contributed by atoms with Crippen molar-refractivity contribution in [2.45, 2.75) is 50.1 Å². The fourth-order valence-electron chi connectivity index (χ4n) is 5.39. The van der Waals surface area contributed by atoms with E-state index in [1.807, 2.05) is 42.5 Å². The minimum absolute atomic E-state index is 0.0969. The van der Waals surface area contributed by atoms with Crippen molar-refractivity contribution in [1.82, 2.24) is 30.4 Å². The van der Waals surface area contributed by atoms with Crippen LogP contribution in [0.1, 0.15) is 44.6 Å². The summed E-state index contributed by atoms with van der Waals surface area (Å²) in [6, 6.07) is 9.20. The van der Waals surface area contributed by atoms with Gasteiger partial charge in [-0.1, -0.05) is 42.5 Å². The van der Waals surface area contributed by atoms with Crippen molar-refractivity contribution in [3.63, 3.8) is 0 Å². The Morgan fingerprint density at radius 1 is 1.14 bits per heavy atom. The molecule has 1 aromatic heterocycles. The van der Waals surface area contributed by atoms with E-state index in [4.69, 9.17) is 0 Å². The molecule has 1 aromatic carbocycles. The smallest absolute Gasteiger partial charge is 0.330 e. The highest BCUT2D eigenvalue weighted by atomic mass is 16.4. The lowest BCUT2D eigenvalue weighted by Crippen LogP contribution is -2.49. The molecule has 0 radical (unpaired) electrons. The molecule has 2 aliphatic carbocycles. The maximum absolute atomic E-state index is 13.4. The predicted molar refractivity (Wildman–Crippen MR) is 126 cm³/mol. The molecule has 2 fully saturated rings. The van der Waals surface area contributed by atoms with Crippen LogP contribution in [0, 0.1) is 17.8 Å². The Hall–Kier alpha value is -3.56. The maximum Gasteiger partial charge on any atom is 0.330 e. The van der Waals surface area contributed by atoms with Crippen molar-refractivity contribution >= 4 is 17.8 Å². The number of amides is 2. The molecule has 2 amide bonds. The number of carbonyl (C=O) groups is 3. The molecule has 35 heavy (non-hydrogen) atoms. The molecule has 0 spiro atoms. The number of nitrogens with one attached hydrogen (secondary N) is 1. The molecule has 10 nitrogen and oxygen atoms in total. The number of nitrogens with zero attached hydrogens (tertiary/aromatic N) is 5. The van der Waals surface area contributed by atoms with Crippen LogP contribution in [-0.4, -0.2) is 67.1 Å². The Kier molecular flexibility index (Phi) is 6.12. The molecule has 5 atom stereocenters.